The van der Waals surface area contributed by atoms with Gasteiger partial charge >= 0.3 is 0 Å². The predicted molar refractivity (Wildman–Crippen MR) is 88.2 cm³/mol. The molecule has 1 aliphatic heterocycles. The van der Waals surface area contributed by atoms with Crippen LogP contribution in [-0.2, 0) is 14.9 Å². The Kier molecular flexibility index (Phi) is 5.17. The topological polar surface area (TPSA) is 154 Å². The molecule has 1 fully saturated rings. The van der Waals surface area contributed by atoms with Gasteiger partial charge in [-0.2, -0.15) is 8.42 Å². The smallest absolute Gasteiger partial charge is 0.295 e. The molecular weight excluding hydrogens is 368 g/mol. The third-order valence-electron chi connectivity index (χ3n) is 4.21. The first-order valence-corrected chi connectivity index (χ1v) is 9.14. The summed E-state index contributed by atoms with van der Waals surface area (Å²) >= 11 is 0. The van der Waals surface area contributed by atoms with Crippen molar-refractivity contribution >= 4 is 20.9 Å². The average molecular weight is 386 g/mol. The maximum absolute atomic E-state index is 11.5. The number of fused-ring (bicyclic) bond motifs is 1. The van der Waals surface area contributed by atoms with Crippen LogP contribution < -0.4 is 4.74 Å². The normalized spacial score (nSPS) is 29.7. The molecule has 0 aliphatic carbocycles. The fourth-order valence-corrected chi connectivity index (χ4v) is 3.58. The van der Waals surface area contributed by atoms with Crippen LogP contribution in [0.2, 0.25) is 0 Å². The highest BCUT2D eigenvalue weighted by Gasteiger charge is 2.45. The molecular formula is C16H18O9S. The van der Waals surface area contributed by atoms with Gasteiger partial charge in [-0.1, -0.05) is 18.2 Å². The van der Waals surface area contributed by atoms with Crippen LogP contribution in [0.4, 0.5) is 0 Å². The van der Waals surface area contributed by atoms with Crippen LogP contribution in [0.1, 0.15) is 0 Å². The zero-order chi connectivity index (χ0) is 19.1. The number of aliphatic hydroxyl groups is 4. The summed E-state index contributed by atoms with van der Waals surface area (Å²) in [5.41, 5.74) is 0. The van der Waals surface area contributed by atoms with E-state index in [9.17, 15) is 28.3 Å². The van der Waals surface area contributed by atoms with Crippen molar-refractivity contribution in [2.45, 2.75) is 35.6 Å². The minimum atomic E-state index is -4.47. The summed E-state index contributed by atoms with van der Waals surface area (Å²) < 4.78 is 42.9. The second-order valence-electron chi connectivity index (χ2n) is 5.93. The lowest BCUT2D eigenvalue weighted by atomic mass is 9.99. The van der Waals surface area contributed by atoms with Crippen molar-refractivity contribution in [3.05, 3.63) is 36.4 Å². The van der Waals surface area contributed by atoms with E-state index in [0.29, 0.717) is 5.39 Å². The van der Waals surface area contributed by atoms with Gasteiger partial charge in [0.15, 0.2) is 12.4 Å². The highest BCUT2D eigenvalue weighted by molar-refractivity contribution is 7.86. The molecule has 1 aliphatic rings. The zero-order valence-corrected chi connectivity index (χ0v) is 14.2. The first-order valence-electron chi connectivity index (χ1n) is 7.70. The molecule has 0 aromatic heterocycles. The van der Waals surface area contributed by atoms with Crippen LogP contribution in [0, 0.1) is 0 Å². The van der Waals surface area contributed by atoms with Crippen molar-refractivity contribution in [1.82, 2.24) is 0 Å². The molecule has 26 heavy (non-hydrogen) atoms. The van der Waals surface area contributed by atoms with Gasteiger partial charge < -0.3 is 29.9 Å². The van der Waals surface area contributed by atoms with Gasteiger partial charge in [-0.3, -0.25) is 4.55 Å². The van der Waals surface area contributed by atoms with Crippen molar-refractivity contribution in [3.8, 4) is 5.75 Å². The quantitative estimate of drug-likeness (QED) is 0.428. The summed E-state index contributed by atoms with van der Waals surface area (Å²) in [6, 6.07) is 8.66. The molecule has 0 saturated carbocycles. The van der Waals surface area contributed by atoms with E-state index in [0.717, 1.165) is 0 Å². The molecule has 3 rings (SSSR count). The van der Waals surface area contributed by atoms with E-state index in [-0.39, 0.29) is 16.0 Å². The van der Waals surface area contributed by atoms with Crippen LogP contribution in [0.3, 0.4) is 0 Å². The van der Waals surface area contributed by atoms with Crippen molar-refractivity contribution < 1.29 is 42.9 Å². The molecule has 0 amide bonds. The number of benzene rings is 2. The Bertz CT molecular complexity index is 898. The lowest BCUT2D eigenvalue weighted by molar-refractivity contribution is -0.280. The van der Waals surface area contributed by atoms with Crippen molar-refractivity contribution in [1.29, 1.82) is 0 Å². The van der Waals surface area contributed by atoms with Crippen LogP contribution in [0.5, 0.6) is 5.75 Å². The van der Waals surface area contributed by atoms with Gasteiger partial charge in [-0.25, -0.2) is 0 Å². The van der Waals surface area contributed by atoms with Crippen LogP contribution in [0.25, 0.3) is 10.8 Å². The van der Waals surface area contributed by atoms with E-state index in [1.807, 2.05) is 0 Å². The van der Waals surface area contributed by atoms with Gasteiger partial charge in [0.05, 0.1) is 6.61 Å². The first-order chi connectivity index (χ1) is 12.2. The Morgan fingerprint density at radius 2 is 1.81 bits per heavy atom. The van der Waals surface area contributed by atoms with Gasteiger partial charge in [-0.05, 0) is 23.6 Å². The van der Waals surface area contributed by atoms with Crippen LogP contribution >= 0.6 is 0 Å². The summed E-state index contributed by atoms with van der Waals surface area (Å²) in [4.78, 5) is -0.318. The Hall–Kier alpha value is -1.79. The molecule has 9 nitrogen and oxygen atoms in total. The Balaban J connectivity index is 1.94. The molecule has 1 heterocycles. The average Bonchev–Trinajstić information content (AvgIpc) is 2.60. The molecule has 0 unspecified atom stereocenters. The molecule has 2 aromatic carbocycles. The summed E-state index contributed by atoms with van der Waals surface area (Å²) in [6.07, 6.45) is -7.20. The van der Waals surface area contributed by atoms with E-state index < -0.39 is 47.4 Å². The summed E-state index contributed by atoms with van der Waals surface area (Å²) in [7, 11) is -4.47. The Morgan fingerprint density at radius 1 is 1.08 bits per heavy atom. The summed E-state index contributed by atoms with van der Waals surface area (Å²) in [5.74, 6) is 0.0787. The van der Waals surface area contributed by atoms with E-state index in [1.54, 1.807) is 6.07 Å². The third kappa shape index (κ3) is 3.53. The zero-order valence-electron chi connectivity index (χ0n) is 13.3. The molecule has 5 atom stereocenters. The molecule has 0 radical (unpaired) electrons. The number of ether oxygens (including phenoxy) is 2. The second kappa shape index (κ2) is 7.08. The summed E-state index contributed by atoms with van der Waals surface area (Å²) in [5, 5.41) is 39.7. The van der Waals surface area contributed by atoms with Crippen LogP contribution in [-0.4, -0.2) is 70.7 Å². The minimum Gasteiger partial charge on any atom is -0.482 e. The van der Waals surface area contributed by atoms with Crippen LogP contribution in [0.15, 0.2) is 41.3 Å². The highest BCUT2D eigenvalue weighted by Crippen LogP contribution is 2.30. The molecule has 2 aromatic rings. The van der Waals surface area contributed by atoms with Crippen molar-refractivity contribution in [2.24, 2.45) is 0 Å². The SMILES string of the molecule is O=S(=O)(O)c1cccc2ccc(O[C@@H]3[C@@H](O)[C@H](O)[C@@H](CO)O[C@H]3O)cc12. The monoisotopic (exact) mass is 386 g/mol. The fourth-order valence-electron chi connectivity index (χ4n) is 2.88. The first kappa shape index (κ1) is 19.0. The molecule has 10 heteroatoms. The van der Waals surface area contributed by atoms with Gasteiger partial charge in [0.1, 0.15) is 29.0 Å². The number of aliphatic hydroxyl groups excluding tert-OH is 4. The second-order valence-corrected chi connectivity index (χ2v) is 7.32. The molecule has 0 spiro atoms. The number of hydrogen-bond donors (Lipinski definition) is 5. The molecule has 0 bridgehead atoms. The largest absolute Gasteiger partial charge is 0.482 e. The summed E-state index contributed by atoms with van der Waals surface area (Å²) in [6.45, 7) is -0.601. The predicted octanol–water partition coefficient (Wildman–Crippen LogP) is -0.735. The van der Waals surface area contributed by atoms with Gasteiger partial charge in [0, 0.05) is 5.39 Å². The standard InChI is InChI=1S/C16H18O9S/c17-7-11-13(18)14(19)15(16(20)25-11)24-9-5-4-8-2-1-3-12(10(8)6-9)26(21,22)23/h1-6,11,13-20H,7H2,(H,21,22,23)/t11-,13-,14+,15-,16-/m1/s1. The Morgan fingerprint density at radius 3 is 2.46 bits per heavy atom. The molecule has 142 valence electrons. The fraction of sp³-hybridized carbons (Fsp3) is 0.375. The van der Waals surface area contributed by atoms with E-state index in [2.05, 4.69) is 0 Å². The molecule has 5 N–H and O–H groups in total. The van der Waals surface area contributed by atoms with Gasteiger partial charge in [-0.15, -0.1) is 0 Å². The lowest BCUT2D eigenvalue weighted by Gasteiger charge is -2.39. The lowest BCUT2D eigenvalue weighted by Crippen LogP contribution is -2.60. The Labute approximate surface area is 148 Å². The number of hydrogen-bond acceptors (Lipinski definition) is 8. The van der Waals surface area contributed by atoms with E-state index in [1.165, 1.54) is 30.3 Å². The maximum Gasteiger partial charge on any atom is 0.295 e. The maximum atomic E-state index is 11.5. The van der Waals surface area contributed by atoms with Crippen molar-refractivity contribution in [2.75, 3.05) is 6.61 Å². The highest BCUT2D eigenvalue weighted by atomic mass is 32.2. The minimum absolute atomic E-state index is 0.0787. The van der Waals surface area contributed by atoms with E-state index >= 15 is 0 Å². The number of rotatable bonds is 4. The van der Waals surface area contributed by atoms with Gasteiger partial charge in [0.2, 0.25) is 0 Å². The van der Waals surface area contributed by atoms with Gasteiger partial charge in [0.25, 0.3) is 10.1 Å². The van der Waals surface area contributed by atoms with Crippen molar-refractivity contribution in [3.63, 3.8) is 0 Å². The molecule has 1 saturated heterocycles. The van der Waals surface area contributed by atoms with E-state index in [4.69, 9.17) is 14.6 Å². The third-order valence-corrected chi connectivity index (χ3v) is 5.12.